The Morgan fingerprint density at radius 3 is 2.50 bits per heavy atom. The number of para-hydroxylation sites is 2. The zero-order valence-corrected chi connectivity index (χ0v) is 17.6. The molecule has 8 nitrogen and oxygen atoms in total. The summed E-state index contributed by atoms with van der Waals surface area (Å²) in [7, 11) is 0. The molecule has 2 saturated heterocycles. The number of rotatable bonds is 5. The van der Waals surface area contributed by atoms with Gasteiger partial charge in [0.15, 0.2) is 5.58 Å². The summed E-state index contributed by atoms with van der Waals surface area (Å²) in [6.45, 7) is 1.62. The third-order valence-electron chi connectivity index (χ3n) is 6.04. The van der Waals surface area contributed by atoms with Crippen molar-refractivity contribution in [3.05, 3.63) is 54.4 Å². The number of carbonyl (C=O) groups is 3. The molecule has 2 aromatic carbocycles. The third kappa shape index (κ3) is 3.95. The van der Waals surface area contributed by atoms with Crippen molar-refractivity contribution < 1.29 is 18.8 Å². The number of hydrogen-bond acceptors (Lipinski definition) is 5. The van der Waals surface area contributed by atoms with Gasteiger partial charge in [-0.3, -0.25) is 14.4 Å². The first kappa shape index (κ1) is 20.2. The van der Waals surface area contributed by atoms with Crippen LogP contribution < -0.4 is 15.1 Å². The van der Waals surface area contributed by atoms with Gasteiger partial charge in [0.2, 0.25) is 11.8 Å². The minimum Gasteiger partial charge on any atom is -0.432 e. The largest absolute Gasteiger partial charge is 0.432 e. The molecule has 1 unspecified atom stereocenters. The van der Waals surface area contributed by atoms with Crippen molar-refractivity contribution in [3.8, 4) is 0 Å². The van der Waals surface area contributed by atoms with E-state index in [0.717, 1.165) is 30.8 Å². The Morgan fingerprint density at radius 1 is 1.00 bits per heavy atom. The zero-order chi connectivity index (χ0) is 22.1. The number of nitrogens with zero attached hydrogens (tertiary/aromatic N) is 3. The lowest BCUT2D eigenvalue weighted by atomic mass is 10.1. The van der Waals surface area contributed by atoms with Crippen molar-refractivity contribution in [2.45, 2.75) is 25.7 Å². The standard InChI is InChI=1S/C24H24N4O4/c29-21-7-3-4-12-27(21)17-8-10-18(11-9-17)28-15-16(13-22(28)30)14-25-23(31)24-26-19-5-1-2-6-20(19)32-24/h1-2,5-6,8-11,16H,3-4,7,12-15H2,(H,25,31). The van der Waals surface area contributed by atoms with Crippen LogP contribution in [0.4, 0.5) is 11.4 Å². The molecule has 0 bridgehead atoms. The molecule has 8 heteroatoms. The highest BCUT2D eigenvalue weighted by molar-refractivity contribution is 5.97. The molecule has 0 radical (unpaired) electrons. The van der Waals surface area contributed by atoms with E-state index in [1.54, 1.807) is 17.0 Å². The summed E-state index contributed by atoms with van der Waals surface area (Å²) in [4.78, 5) is 44.9. The Kier molecular flexibility index (Phi) is 5.34. The summed E-state index contributed by atoms with van der Waals surface area (Å²) in [5.41, 5.74) is 2.87. The number of benzene rings is 2. The van der Waals surface area contributed by atoms with Crippen molar-refractivity contribution in [1.82, 2.24) is 10.3 Å². The molecule has 2 aliphatic rings. The molecule has 5 rings (SSSR count). The maximum atomic E-state index is 12.6. The van der Waals surface area contributed by atoms with E-state index in [4.69, 9.17) is 4.42 Å². The Labute approximate surface area is 185 Å². The summed E-state index contributed by atoms with van der Waals surface area (Å²) in [6.07, 6.45) is 2.90. The number of nitrogens with one attached hydrogen (secondary N) is 1. The van der Waals surface area contributed by atoms with Crippen molar-refractivity contribution in [1.29, 1.82) is 0 Å². The van der Waals surface area contributed by atoms with Crippen LogP contribution in [0.15, 0.2) is 52.9 Å². The second-order valence-corrected chi connectivity index (χ2v) is 8.29. The van der Waals surface area contributed by atoms with Gasteiger partial charge in [0.25, 0.3) is 5.89 Å². The van der Waals surface area contributed by atoms with E-state index in [0.29, 0.717) is 37.0 Å². The van der Waals surface area contributed by atoms with Crippen molar-refractivity contribution in [3.63, 3.8) is 0 Å². The summed E-state index contributed by atoms with van der Waals surface area (Å²) in [5, 5.41) is 2.83. The number of amides is 3. The van der Waals surface area contributed by atoms with E-state index in [2.05, 4.69) is 10.3 Å². The third-order valence-corrected chi connectivity index (χ3v) is 6.04. The fraction of sp³-hybridized carbons (Fsp3) is 0.333. The second-order valence-electron chi connectivity index (χ2n) is 8.29. The Morgan fingerprint density at radius 2 is 1.75 bits per heavy atom. The van der Waals surface area contributed by atoms with Gasteiger partial charge in [-0.1, -0.05) is 12.1 Å². The van der Waals surface area contributed by atoms with Crippen LogP contribution in [-0.2, 0) is 9.59 Å². The quantitative estimate of drug-likeness (QED) is 0.668. The Balaban J connectivity index is 1.19. The number of fused-ring (bicyclic) bond motifs is 1. The maximum absolute atomic E-state index is 12.6. The van der Waals surface area contributed by atoms with Gasteiger partial charge in [0.05, 0.1) is 0 Å². The molecule has 3 amide bonds. The molecule has 164 valence electrons. The number of oxazole rings is 1. The van der Waals surface area contributed by atoms with Crippen LogP contribution in [-0.4, -0.2) is 42.3 Å². The minimum atomic E-state index is -0.386. The van der Waals surface area contributed by atoms with Crippen LogP contribution in [0.3, 0.4) is 0 Å². The van der Waals surface area contributed by atoms with Gasteiger partial charge in [-0.05, 0) is 49.2 Å². The van der Waals surface area contributed by atoms with Gasteiger partial charge >= 0.3 is 5.91 Å². The van der Waals surface area contributed by atoms with Gasteiger partial charge in [0, 0.05) is 49.8 Å². The molecule has 0 spiro atoms. The van der Waals surface area contributed by atoms with E-state index < -0.39 is 0 Å². The molecule has 1 N–H and O–H groups in total. The predicted octanol–water partition coefficient (Wildman–Crippen LogP) is 3.13. The van der Waals surface area contributed by atoms with E-state index in [1.165, 1.54) is 0 Å². The van der Waals surface area contributed by atoms with Gasteiger partial charge < -0.3 is 19.5 Å². The molecule has 3 heterocycles. The molecule has 1 aromatic heterocycles. The summed E-state index contributed by atoms with van der Waals surface area (Å²) < 4.78 is 5.50. The molecule has 0 saturated carbocycles. The molecule has 2 fully saturated rings. The highest BCUT2D eigenvalue weighted by Crippen LogP contribution is 2.28. The Hall–Kier alpha value is -3.68. The van der Waals surface area contributed by atoms with Crippen LogP contribution in [0.2, 0.25) is 0 Å². The normalized spacial score (nSPS) is 19.1. The fourth-order valence-corrected chi connectivity index (χ4v) is 4.34. The smallest absolute Gasteiger partial charge is 0.307 e. The van der Waals surface area contributed by atoms with E-state index >= 15 is 0 Å². The van der Waals surface area contributed by atoms with Gasteiger partial charge in [0.1, 0.15) is 5.52 Å². The topological polar surface area (TPSA) is 95.8 Å². The van der Waals surface area contributed by atoms with E-state index in [-0.39, 0.29) is 29.5 Å². The number of hydrogen-bond donors (Lipinski definition) is 1. The van der Waals surface area contributed by atoms with Crippen molar-refractivity contribution in [2.75, 3.05) is 29.4 Å². The van der Waals surface area contributed by atoms with Gasteiger partial charge in [-0.25, -0.2) is 4.98 Å². The fourth-order valence-electron chi connectivity index (χ4n) is 4.34. The van der Waals surface area contributed by atoms with Gasteiger partial charge in [-0.15, -0.1) is 0 Å². The highest BCUT2D eigenvalue weighted by atomic mass is 16.4. The Bertz CT molecular complexity index is 1140. The summed E-state index contributed by atoms with van der Waals surface area (Å²) in [5.74, 6) is -0.194. The number of anilines is 2. The lowest BCUT2D eigenvalue weighted by molar-refractivity contribution is -0.119. The average Bonchev–Trinajstić information content (AvgIpc) is 3.41. The zero-order valence-electron chi connectivity index (χ0n) is 17.6. The lowest BCUT2D eigenvalue weighted by Crippen LogP contribution is -2.35. The highest BCUT2D eigenvalue weighted by Gasteiger charge is 2.31. The molecule has 0 aliphatic carbocycles. The number of aromatic nitrogens is 1. The first-order valence-electron chi connectivity index (χ1n) is 10.9. The van der Waals surface area contributed by atoms with Crippen LogP contribution >= 0.6 is 0 Å². The van der Waals surface area contributed by atoms with Crippen molar-refractivity contribution >= 4 is 40.2 Å². The van der Waals surface area contributed by atoms with Crippen LogP contribution in [0.1, 0.15) is 36.4 Å². The average molecular weight is 432 g/mol. The molecule has 3 aromatic rings. The molecule has 1 atom stereocenters. The maximum Gasteiger partial charge on any atom is 0.307 e. The molecule has 32 heavy (non-hydrogen) atoms. The summed E-state index contributed by atoms with van der Waals surface area (Å²) in [6, 6.07) is 14.8. The number of carbonyl (C=O) groups excluding carboxylic acids is 3. The molecule has 2 aliphatic heterocycles. The monoisotopic (exact) mass is 432 g/mol. The van der Waals surface area contributed by atoms with Crippen LogP contribution in [0.25, 0.3) is 11.1 Å². The SMILES string of the molecule is O=C(NCC1CC(=O)N(c2ccc(N3CCCCC3=O)cc2)C1)c1nc2ccccc2o1. The van der Waals surface area contributed by atoms with E-state index in [1.807, 2.05) is 41.3 Å². The molecular formula is C24H24N4O4. The number of piperidine rings is 1. The lowest BCUT2D eigenvalue weighted by Gasteiger charge is -2.27. The summed E-state index contributed by atoms with van der Waals surface area (Å²) >= 11 is 0. The predicted molar refractivity (Wildman–Crippen MR) is 119 cm³/mol. The molecular weight excluding hydrogens is 408 g/mol. The van der Waals surface area contributed by atoms with Crippen LogP contribution in [0.5, 0.6) is 0 Å². The van der Waals surface area contributed by atoms with Crippen LogP contribution in [0, 0.1) is 5.92 Å². The first-order chi connectivity index (χ1) is 15.6. The van der Waals surface area contributed by atoms with E-state index in [9.17, 15) is 14.4 Å². The second kappa shape index (κ2) is 8.45. The first-order valence-corrected chi connectivity index (χ1v) is 10.9. The van der Waals surface area contributed by atoms with Crippen molar-refractivity contribution in [2.24, 2.45) is 5.92 Å². The minimum absolute atomic E-state index is 0.000762. The van der Waals surface area contributed by atoms with Gasteiger partial charge in [-0.2, -0.15) is 0 Å².